The van der Waals surface area contributed by atoms with Gasteiger partial charge in [0.15, 0.2) is 10.9 Å². The highest BCUT2D eigenvalue weighted by Crippen LogP contribution is 2.39. The van der Waals surface area contributed by atoms with E-state index in [0.717, 1.165) is 59.0 Å². The fourth-order valence-corrected chi connectivity index (χ4v) is 4.93. The summed E-state index contributed by atoms with van der Waals surface area (Å²) < 4.78 is 0. The van der Waals surface area contributed by atoms with Gasteiger partial charge in [-0.2, -0.15) is 0 Å². The third-order valence-electron chi connectivity index (χ3n) is 6.00. The summed E-state index contributed by atoms with van der Waals surface area (Å²) in [6.45, 7) is 13.4. The molecule has 2 aliphatic rings. The molecule has 1 atom stereocenters. The van der Waals surface area contributed by atoms with E-state index in [1.807, 2.05) is 44.7 Å². The van der Waals surface area contributed by atoms with E-state index < -0.39 is 0 Å². The maximum absolute atomic E-state index is 13.4. The molecule has 1 fully saturated rings. The molecule has 4 rings (SSSR count). The average molecular weight is 437 g/mol. The normalized spacial score (nSPS) is 18.6. The molecule has 2 amide bonds. The molecule has 0 radical (unpaired) electrons. The molecule has 0 unspecified atom stereocenters. The molecule has 0 aliphatic carbocycles. The van der Waals surface area contributed by atoms with Crippen molar-refractivity contribution in [1.29, 1.82) is 0 Å². The minimum absolute atomic E-state index is 0.0823. The van der Waals surface area contributed by atoms with Crippen molar-refractivity contribution in [2.24, 2.45) is 4.99 Å². The molecule has 2 aromatic heterocycles. The van der Waals surface area contributed by atoms with Crippen molar-refractivity contribution in [2.45, 2.75) is 46.6 Å². The van der Waals surface area contributed by atoms with E-state index in [2.05, 4.69) is 33.0 Å². The van der Waals surface area contributed by atoms with Crippen molar-refractivity contribution < 1.29 is 4.79 Å². The van der Waals surface area contributed by atoms with Crippen LogP contribution in [-0.2, 0) is 0 Å². The van der Waals surface area contributed by atoms with E-state index >= 15 is 0 Å². The standard InChI is InChI=1S/C23H28N6OS/c1-6-14(2)18(12-24-5)19-9-10-20-21(26-19)29(17-8-7-11-28(20)13-17)23(30)27-22-25-15(3)16(4)31-22/h6,9-10,12,17H,5,7-8,11,13H2,1-4H3,(H,25,27,30)/b14-6-,18-12+/t17-/m0/s1. The van der Waals surface area contributed by atoms with E-state index in [0.29, 0.717) is 10.9 Å². The summed E-state index contributed by atoms with van der Waals surface area (Å²) in [5.74, 6) is 0.690. The van der Waals surface area contributed by atoms with E-state index in [1.54, 1.807) is 6.20 Å². The number of thiazole rings is 1. The van der Waals surface area contributed by atoms with E-state index in [-0.39, 0.29) is 12.1 Å². The summed E-state index contributed by atoms with van der Waals surface area (Å²) >= 11 is 1.50. The molecule has 2 aliphatic heterocycles. The number of fused-ring (bicyclic) bond motifs is 4. The third-order valence-corrected chi connectivity index (χ3v) is 6.99. The second-order valence-electron chi connectivity index (χ2n) is 7.94. The van der Waals surface area contributed by atoms with Crippen LogP contribution in [0.5, 0.6) is 0 Å². The lowest BCUT2D eigenvalue weighted by Crippen LogP contribution is -2.56. The molecule has 8 heteroatoms. The average Bonchev–Trinajstić information content (AvgIpc) is 3.08. The van der Waals surface area contributed by atoms with Crippen LogP contribution in [0.1, 0.15) is 43.0 Å². The Balaban J connectivity index is 1.76. The minimum atomic E-state index is -0.179. The van der Waals surface area contributed by atoms with Crippen molar-refractivity contribution in [3.05, 3.63) is 46.2 Å². The molecule has 162 valence electrons. The summed E-state index contributed by atoms with van der Waals surface area (Å²) in [7, 11) is 0. The quantitative estimate of drug-likeness (QED) is 0.529. The summed E-state index contributed by atoms with van der Waals surface area (Å²) in [5.41, 5.74) is 4.67. The molecular formula is C23H28N6OS. The predicted molar refractivity (Wildman–Crippen MR) is 130 cm³/mol. The topological polar surface area (TPSA) is 73.7 Å². The van der Waals surface area contributed by atoms with Crippen LogP contribution in [0.4, 0.5) is 21.4 Å². The fraction of sp³-hybridized carbons (Fsp3) is 0.391. The van der Waals surface area contributed by atoms with Crippen LogP contribution >= 0.6 is 11.3 Å². The molecule has 1 saturated heterocycles. The molecule has 4 heterocycles. The van der Waals surface area contributed by atoms with E-state index in [1.165, 1.54) is 11.3 Å². The molecular weight excluding hydrogens is 408 g/mol. The molecule has 2 aromatic rings. The zero-order chi connectivity index (χ0) is 22.1. The van der Waals surface area contributed by atoms with Gasteiger partial charge in [0.2, 0.25) is 0 Å². The highest BCUT2D eigenvalue weighted by atomic mass is 32.1. The Morgan fingerprint density at radius 1 is 1.35 bits per heavy atom. The Morgan fingerprint density at radius 2 is 2.16 bits per heavy atom. The lowest BCUT2D eigenvalue weighted by atomic mass is 9.98. The van der Waals surface area contributed by atoms with Gasteiger partial charge in [-0.15, -0.1) is 11.3 Å². The number of carbonyl (C=O) groups is 1. The summed E-state index contributed by atoms with van der Waals surface area (Å²) in [5, 5.41) is 3.63. The van der Waals surface area contributed by atoms with Crippen LogP contribution in [0.15, 0.2) is 35.0 Å². The molecule has 0 saturated carbocycles. The maximum atomic E-state index is 13.4. The number of piperidine rings is 1. The van der Waals surface area contributed by atoms with Crippen molar-refractivity contribution in [3.63, 3.8) is 0 Å². The van der Waals surface area contributed by atoms with Crippen LogP contribution in [0.2, 0.25) is 0 Å². The smallest absolute Gasteiger partial charge is 0.329 e. The van der Waals surface area contributed by atoms with Gasteiger partial charge in [-0.1, -0.05) is 6.08 Å². The summed E-state index contributed by atoms with van der Waals surface area (Å²) in [6, 6.07) is 3.97. The zero-order valence-corrected chi connectivity index (χ0v) is 19.3. The molecule has 7 nitrogen and oxygen atoms in total. The highest BCUT2D eigenvalue weighted by Gasteiger charge is 2.38. The monoisotopic (exact) mass is 436 g/mol. The lowest BCUT2D eigenvalue weighted by Gasteiger charge is -2.45. The van der Waals surface area contributed by atoms with Crippen molar-refractivity contribution in [1.82, 2.24) is 9.97 Å². The van der Waals surface area contributed by atoms with Gasteiger partial charge in [-0.3, -0.25) is 15.2 Å². The number of amides is 2. The number of anilines is 3. The number of hydrogen-bond donors (Lipinski definition) is 1. The largest absolute Gasteiger partial charge is 0.366 e. The number of aliphatic imine (C=N–C) groups is 1. The molecule has 1 N–H and O–H groups in total. The Labute approximate surface area is 187 Å². The zero-order valence-electron chi connectivity index (χ0n) is 18.5. The second kappa shape index (κ2) is 8.63. The Kier molecular flexibility index (Phi) is 5.91. The van der Waals surface area contributed by atoms with Gasteiger partial charge in [-0.05, 0) is 65.0 Å². The number of nitrogens with zero attached hydrogens (tertiary/aromatic N) is 5. The molecule has 0 aromatic carbocycles. The first-order chi connectivity index (χ1) is 14.9. The van der Waals surface area contributed by atoms with Crippen molar-refractivity contribution in [2.75, 3.05) is 28.2 Å². The number of aromatic nitrogens is 2. The maximum Gasteiger partial charge on any atom is 0.329 e. The summed E-state index contributed by atoms with van der Waals surface area (Å²) in [4.78, 5) is 32.1. The lowest BCUT2D eigenvalue weighted by molar-refractivity contribution is 0.252. The Morgan fingerprint density at radius 3 is 2.84 bits per heavy atom. The van der Waals surface area contributed by atoms with Gasteiger partial charge in [0.1, 0.15) is 0 Å². The number of aryl methyl sites for hydroxylation is 2. The van der Waals surface area contributed by atoms with Crippen LogP contribution in [-0.4, -0.2) is 41.8 Å². The number of nitrogens with one attached hydrogen (secondary N) is 1. The first kappa shape index (κ1) is 21.2. The fourth-order valence-electron chi connectivity index (χ4n) is 4.13. The SMILES string of the molecule is C=N/C=C(\C(C)=C/C)c1ccc2c(n1)N(C(=O)Nc1nc(C)c(C)s1)[C@H]1CCCN2C1. The van der Waals surface area contributed by atoms with Crippen molar-refractivity contribution in [3.8, 4) is 0 Å². The van der Waals surface area contributed by atoms with Gasteiger partial charge in [0.25, 0.3) is 0 Å². The minimum Gasteiger partial charge on any atom is -0.366 e. The molecule has 31 heavy (non-hydrogen) atoms. The summed E-state index contributed by atoms with van der Waals surface area (Å²) in [6.07, 6.45) is 5.75. The van der Waals surface area contributed by atoms with Crippen LogP contribution < -0.4 is 15.1 Å². The number of pyridine rings is 1. The highest BCUT2D eigenvalue weighted by molar-refractivity contribution is 7.15. The van der Waals surface area contributed by atoms with Gasteiger partial charge in [0.05, 0.1) is 23.1 Å². The first-order valence-corrected chi connectivity index (χ1v) is 11.3. The Bertz CT molecular complexity index is 1070. The van der Waals surface area contributed by atoms with Crippen molar-refractivity contribution >= 4 is 46.3 Å². The second-order valence-corrected chi connectivity index (χ2v) is 9.14. The number of allylic oxidation sites excluding steroid dienone is 3. The van der Waals surface area contributed by atoms with Crippen LogP contribution in [0.25, 0.3) is 5.57 Å². The number of urea groups is 1. The number of carbonyl (C=O) groups excluding carboxylic acids is 1. The van der Waals surface area contributed by atoms with Gasteiger partial charge in [-0.25, -0.2) is 14.8 Å². The van der Waals surface area contributed by atoms with Gasteiger partial charge < -0.3 is 4.90 Å². The predicted octanol–water partition coefficient (Wildman–Crippen LogP) is 5.18. The van der Waals surface area contributed by atoms with Crippen LogP contribution in [0, 0.1) is 13.8 Å². The van der Waals surface area contributed by atoms with E-state index in [4.69, 9.17) is 4.98 Å². The number of rotatable bonds is 4. The Hall–Kier alpha value is -3.00. The van der Waals surface area contributed by atoms with Gasteiger partial charge in [0, 0.05) is 29.7 Å². The first-order valence-electron chi connectivity index (χ1n) is 10.5. The number of hydrogen-bond acceptors (Lipinski definition) is 6. The van der Waals surface area contributed by atoms with Gasteiger partial charge >= 0.3 is 6.03 Å². The molecule has 2 bridgehead atoms. The van der Waals surface area contributed by atoms with E-state index in [9.17, 15) is 4.79 Å². The van der Waals surface area contributed by atoms with Crippen LogP contribution in [0.3, 0.4) is 0 Å². The third kappa shape index (κ3) is 3.99. The molecule has 0 spiro atoms.